The first-order valence-electron chi connectivity index (χ1n) is 8.10. The first-order valence-corrected chi connectivity index (χ1v) is 8.10. The van der Waals surface area contributed by atoms with Crippen molar-refractivity contribution < 1.29 is 14.3 Å². The third-order valence-corrected chi connectivity index (χ3v) is 4.44. The minimum absolute atomic E-state index is 0.0616. The Morgan fingerprint density at radius 2 is 2.17 bits per heavy atom. The zero-order valence-electron chi connectivity index (χ0n) is 13.5. The Bertz CT molecular complexity index is 950. The van der Waals surface area contributed by atoms with E-state index in [0.29, 0.717) is 18.1 Å². The number of furan rings is 1. The van der Waals surface area contributed by atoms with Gasteiger partial charge in [0.25, 0.3) is 5.56 Å². The molecule has 2 aromatic heterocycles. The molecule has 1 fully saturated rings. The molecule has 0 radical (unpaired) electrons. The highest BCUT2D eigenvalue weighted by atomic mass is 16.5. The summed E-state index contributed by atoms with van der Waals surface area (Å²) >= 11 is 0. The van der Waals surface area contributed by atoms with E-state index in [2.05, 4.69) is 0 Å². The van der Waals surface area contributed by atoms with Crippen molar-refractivity contribution in [3.8, 4) is 16.9 Å². The van der Waals surface area contributed by atoms with E-state index >= 15 is 0 Å². The van der Waals surface area contributed by atoms with Crippen LogP contribution in [-0.2, 0) is 13.7 Å². The number of aliphatic hydroxyl groups is 1. The van der Waals surface area contributed by atoms with Gasteiger partial charge >= 0.3 is 0 Å². The molecule has 4 rings (SSSR count). The van der Waals surface area contributed by atoms with E-state index in [0.717, 1.165) is 27.8 Å². The lowest BCUT2D eigenvalue weighted by Crippen LogP contribution is -2.15. The lowest BCUT2D eigenvalue weighted by Gasteiger charge is -2.12. The second kappa shape index (κ2) is 5.83. The van der Waals surface area contributed by atoms with Crippen molar-refractivity contribution in [2.24, 2.45) is 13.0 Å². The molecule has 1 aliphatic carbocycles. The molecule has 0 aliphatic heterocycles. The summed E-state index contributed by atoms with van der Waals surface area (Å²) in [5.41, 5.74) is 2.73. The van der Waals surface area contributed by atoms with Crippen LogP contribution < -0.4 is 10.3 Å². The molecule has 5 nitrogen and oxygen atoms in total. The van der Waals surface area contributed by atoms with Gasteiger partial charge in [-0.2, -0.15) is 0 Å². The predicted octanol–water partition coefficient (Wildman–Crippen LogP) is 3.08. The van der Waals surface area contributed by atoms with Gasteiger partial charge in [-0.3, -0.25) is 4.79 Å². The number of rotatable bonds is 5. The maximum Gasteiger partial charge on any atom is 0.293 e. The fourth-order valence-electron chi connectivity index (χ4n) is 2.89. The Labute approximate surface area is 139 Å². The first kappa shape index (κ1) is 15.0. The second-order valence-electron chi connectivity index (χ2n) is 6.40. The smallest absolute Gasteiger partial charge is 0.293 e. The molecule has 2 heterocycles. The summed E-state index contributed by atoms with van der Waals surface area (Å²) in [5.74, 6) is 1.40. The maximum atomic E-state index is 12.2. The van der Waals surface area contributed by atoms with Crippen molar-refractivity contribution in [3.63, 3.8) is 0 Å². The molecule has 1 aliphatic rings. The van der Waals surface area contributed by atoms with Gasteiger partial charge in [0.05, 0.1) is 19.5 Å². The fourth-order valence-corrected chi connectivity index (χ4v) is 2.89. The molecule has 124 valence electrons. The number of ether oxygens (including phenoxy) is 1. The molecule has 0 bridgehead atoms. The number of hydrogen-bond donors (Lipinski definition) is 1. The SMILES string of the molecule is Cn1cc(-c2cc(CO)cc(OCC3CC3)c2)c2ccoc2c1=O. The predicted molar refractivity (Wildman–Crippen MR) is 91.0 cm³/mol. The van der Waals surface area contributed by atoms with Crippen LogP contribution in [0.2, 0.25) is 0 Å². The number of pyridine rings is 1. The van der Waals surface area contributed by atoms with Crippen molar-refractivity contribution in [3.05, 3.63) is 52.6 Å². The molecular weight excluding hydrogens is 306 g/mol. The molecule has 0 unspecified atom stereocenters. The lowest BCUT2D eigenvalue weighted by atomic mass is 10.0. The lowest BCUT2D eigenvalue weighted by molar-refractivity contribution is 0.277. The molecule has 0 saturated heterocycles. The third kappa shape index (κ3) is 2.71. The number of hydrogen-bond acceptors (Lipinski definition) is 4. The van der Waals surface area contributed by atoms with Gasteiger partial charge in [-0.1, -0.05) is 0 Å². The minimum atomic E-state index is -0.165. The second-order valence-corrected chi connectivity index (χ2v) is 6.40. The number of aliphatic hydroxyl groups excluding tert-OH is 1. The van der Waals surface area contributed by atoms with Crippen LogP contribution in [0.5, 0.6) is 5.75 Å². The van der Waals surface area contributed by atoms with Crippen molar-refractivity contribution >= 4 is 11.0 Å². The van der Waals surface area contributed by atoms with Gasteiger partial charge in [0.15, 0.2) is 5.58 Å². The quantitative estimate of drug-likeness (QED) is 0.783. The van der Waals surface area contributed by atoms with Crippen LogP contribution in [0.3, 0.4) is 0 Å². The molecule has 1 aromatic carbocycles. The Kier molecular flexibility index (Phi) is 3.65. The van der Waals surface area contributed by atoms with Crippen LogP contribution in [0.25, 0.3) is 22.1 Å². The monoisotopic (exact) mass is 325 g/mol. The normalized spacial score (nSPS) is 14.2. The largest absolute Gasteiger partial charge is 0.493 e. The first-order chi connectivity index (χ1) is 11.7. The summed E-state index contributed by atoms with van der Waals surface area (Å²) in [4.78, 5) is 12.2. The maximum absolute atomic E-state index is 12.2. The molecule has 5 heteroatoms. The summed E-state index contributed by atoms with van der Waals surface area (Å²) in [6.45, 7) is 0.649. The van der Waals surface area contributed by atoms with Crippen LogP contribution in [0, 0.1) is 5.92 Å². The van der Waals surface area contributed by atoms with E-state index in [1.165, 1.54) is 23.7 Å². The molecule has 0 atom stereocenters. The van der Waals surface area contributed by atoms with Crippen LogP contribution in [0.1, 0.15) is 18.4 Å². The van der Waals surface area contributed by atoms with Crippen molar-refractivity contribution in [1.82, 2.24) is 4.57 Å². The van der Waals surface area contributed by atoms with E-state index in [1.807, 2.05) is 18.2 Å². The van der Waals surface area contributed by atoms with Crippen molar-refractivity contribution in [2.45, 2.75) is 19.4 Å². The van der Waals surface area contributed by atoms with Gasteiger partial charge < -0.3 is 18.8 Å². The molecular formula is C19H19NO4. The van der Waals surface area contributed by atoms with Crippen molar-refractivity contribution in [2.75, 3.05) is 6.61 Å². The van der Waals surface area contributed by atoms with Gasteiger partial charge in [0.1, 0.15) is 5.75 Å². The van der Waals surface area contributed by atoms with Crippen molar-refractivity contribution in [1.29, 1.82) is 0 Å². The molecule has 3 aromatic rings. The van der Waals surface area contributed by atoms with Crippen LogP contribution >= 0.6 is 0 Å². The fraction of sp³-hybridized carbons (Fsp3) is 0.316. The molecule has 1 N–H and O–H groups in total. The highest BCUT2D eigenvalue weighted by Crippen LogP contribution is 2.33. The third-order valence-electron chi connectivity index (χ3n) is 4.44. The Balaban J connectivity index is 1.83. The minimum Gasteiger partial charge on any atom is -0.493 e. The molecule has 0 amide bonds. The highest BCUT2D eigenvalue weighted by molar-refractivity contribution is 5.93. The summed E-state index contributed by atoms with van der Waals surface area (Å²) < 4.78 is 12.7. The summed E-state index contributed by atoms with van der Waals surface area (Å²) in [7, 11) is 1.70. The highest BCUT2D eigenvalue weighted by Gasteiger charge is 2.22. The van der Waals surface area contributed by atoms with Crippen LogP contribution in [0.4, 0.5) is 0 Å². The van der Waals surface area contributed by atoms with Gasteiger partial charge in [0, 0.05) is 24.2 Å². The van der Waals surface area contributed by atoms with E-state index in [1.54, 1.807) is 19.3 Å². The van der Waals surface area contributed by atoms with Crippen LogP contribution in [0.15, 0.2) is 45.9 Å². The number of fused-ring (bicyclic) bond motifs is 1. The average Bonchev–Trinajstić information content (AvgIpc) is 3.30. The van der Waals surface area contributed by atoms with Gasteiger partial charge in [0.2, 0.25) is 0 Å². The molecule has 24 heavy (non-hydrogen) atoms. The summed E-state index contributed by atoms with van der Waals surface area (Å²) in [6, 6.07) is 7.52. The van der Waals surface area contributed by atoms with E-state index in [9.17, 15) is 9.90 Å². The number of nitrogens with zero attached hydrogens (tertiary/aromatic N) is 1. The van der Waals surface area contributed by atoms with E-state index in [-0.39, 0.29) is 12.2 Å². The number of aromatic nitrogens is 1. The average molecular weight is 325 g/mol. The Morgan fingerprint density at radius 1 is 1.33 bits per heavy atom. The summed E-state index contributed by atoms with van der Waals surface area (Å²) in [6.07, 6.45) is 5.77. The zero-order valence-corrected chi connectivity index (χ0v) is 13.5. The standard InChI is InChI=1S/C19H19NO4/c1-20-9-17(16-4-5-23-18(16)19(20)22)14-6-13(10-21)7-15(8-14)24-11-12-2-3-12/h4-9,12,21H,2-3,10-11H2,1H3. The Morgan fingerprint density at radius 3 is 2.92 bits per heavy atom. The molecule has 0 spiro atoms. The van der Waals surface area contributed by atoms with Gasteiger partial charge in [-0.15, -0.1) is 0 Å². The topological polar surface area (TPSA) is 64.6 Å². The molecule has 1 saturated carbocycles. The van der Waals surface area contributed by atoms with E-state index in [4.69, 9.17) is 9.15 Å². The number of aryl methyl sites for hydroxylation is 1. The zero-order chi connectivity index (χ0) is 16.7. The van der Waals surface area contributed by atoms with Gasteiger partial charge in [-0.25, -0.2) is 0 Å². The van der Waals surface area contributed by atoms with Crippen LogP contribution in [-0.4, -0.2) is 16.3 Å². The van der Waals surface area contributed by atoms with E-state index < -0.39 is 0 Å². The Hall–Kier alpha value is -2.53. The van der Waals surface area contributed by atoms with Gasteiger partial charge in [-0.05, 0) is 54.2 Å². The summed E-state index contributed by atoms with van der Waals surface area (Å²) in [5, 5.41) is 10.3. The number of benzene rings is 1.